The number of rotatable bonds is 2. The number of aliphatic hydroxyl groups excluding tert-OH is 1. The molecule has 1 aromatic heterocycles. The summed E-state index contributed by atoms with van der Waals surface area (Å²) >= 11 is 0. The minimum atomic E-state index is -0.237. The Balaban J connectivity index is 2.04. The van der Waals surface area contributed by atoms with Gasteiger partial charge in [0.2, 0.25) is 0 Å². The Morgan fingerprint density at radius 2 is 2.17 bits per heavy atom. The fourth-order valence-corrected chi connectivity index (χ4v) is 2.07. The number of H-pyrrole nitrogens is 1. The first-order valence-electron chi connectivity index (χ1n) is 4.68. The van der Waals surface area contributed by atoms with E-state index >= 15 is 0 Å². The van der Waals surface area contributed by atoms with Gasteiger partial charge in [-0.2, -0.15) is 0 Å². The lowest BCUT2D eigenvalue weighted by molar-refractivity contribution is 0.112. The molecule has 1 aliphatic carbocycles. The van der Waals surface area contributed by atoms with E-state index in [2.05, 4.69) is 4.98 Å². The van der Waals surface area contributed by atoms with Crippen LogP contribution in [0.25, 0.3) is 0 Å². The Morgan fingerprint density at radius 1 is 1.42 bits per heavy atom. The van der Waals surface area contributed by atoms with E-state index in [1.165, 1.54) is 25.7 Å². The molecule has 1 unspecified atom stereocenters. The maximum atomic E-state index is 9.89. The molecule has 0 aromatic carbocycles. The van der Waals surface area contributed by atoms with Crippen molar-refractivity contribution < 1.29 is 5.11 Å². The second-order valence-corrected chi connectivity index (χ2v) is 3.63. The van der Waals surface area contributed by atoms with E-state index in [0.29, 0.717) is 5.92 Å². The molecule has 1 aromatic rings. The van der Waals surface area contributed by atoms with Crippen molar-refractivity contribution in [2.45, 2.75) is 31.8 Å². The topological polar surface area (TPSA) is 36.0 Å². The molecular weight excluding hydrogens is 150 g/mol. The number of aliphatic hydroxyl groups is 1. The molecule has 1 saturated carbocycles. The summed E-state index contributed by atoms with van der Waals surface area (Å²) in [6.07, 6.45) is 8.46. The van der Waals surface area contributed by atoms with Gasteiger partial charge in [-0.15, -0.1) is 0 Å². The van der Waals surface area contributed by atoms with Crippen LogP contribution in [0.1, 0.15) is 37.4 Å². The Hall–Kier alpha value is -0.760. The minimum Gasteiger partial charge on any atom is -0.388 e. The standard InChI is InChI=1S/C10H15NO/c12-10(8-3-1-2-4-8)9-5-6-11-7-9/h5-8,10-12H,1-4H2. The van der Waals surface area contributed by atoms with Crippen LogP contribution in [0.5, 0.6) is 0 Å². The Kier molecular flexibility index (Phi) is 2.17. The molecule has 1 heterocycles. The summed E-state index contributed by atoms with van der Waals surface area (Å²) in [4.78, 5) is 2.97. The fraction of sp³-hybridized carbons (Fsp3) is 0.600. The number of aromatic nitrogens is 1. The van der Waals surface area contributed by atoms with Crippen molar-refractivity contribution in [3.8, 4) is 0 Å². The van der Waals surface area contributed by atoms with Gasteiger partial charge in [0.1, 0.15) is 0 Å². The van der Waals surface area contributed by atoms with Gasteiger partial charge in [-0.05, 0) is 30.4 Å². The van der Waals surface area contributed by atoms with Crippen molar-refractivity contribution in [2.24, 2.45) is 5.92 Å². The number of nitrogens with one attached hydrogen (secondary N) is 1. The zero-order valence-corrected chi connectivity index (χ0v) is 7.16. The molecule has 1 atom stereocenters. The smallest absolute Gasteiger partial charge is 0.0832 e. The fourth-order valence-electron chi connectivity index (χ4n) is 2.07. The van der Waals surface area contributed by atoms with Gasteiger partial charge in [0.25, 0.3) is 0 Å². The first-order chi connectivity index (χ1) is 5.88. The highest BCUT2D eigenvalue weighted by molar-refractivity contribution is 5.13. The third-order valence-corrected chi connectivity index (χ3v) is 2.81. The lowest BCUT2D eigenvalue weighted by atomic mass is 9.96. The zero-order chi connectivity index (χ0) is 8.39. The molecular formula is C10H15NO. The summed E-state index contributed by atoms with van der Waals surface area (Å²) in [5.41, 5.74) is 1.04. The van der Waals surface area contributed by atoms with E-state index in [1.807, 2.05) is 18.5 Å². The normalized spacial score (nSPS) is 21.4. The van der Waals surface area contributed by atoms with Crippen LogP contribution in [0, 0.1) is 5.92 Å². The van der Waals surface area contributed by atoms with Crippen molar-refractivity contribution in [3.05, 3.63) is 24.0 Å². The van der Waals surface area contributed by atoms with Crippen LogP contribution >= 0.6 is 0 Å². The zero-order valence-electron chi connectivity index (χ0n) is 7.16. The highest BCUT2D eigenvalue weighted by Crippen LogP contribution is 2.35. The molecule has 0 aliphatic heterocycles. The minimum absolute atomic E-state index is 0.237. The number of hydrogen-bond acceptors (Lipinski definition) is 1. The molecule has 2 N–H and O–H groups in total. The van der Waals surface area contributed by atoms with Gasteiger partial charge in [-0.25, -0.2) is 0 Å². The van der Waals surface area contributed by atoms with Crippen LogP contribution in [0.2, 0.25) is 0 Å². The quantitative estimate of drug-likeness (QED) is 0.692. The molecule has 0 spiro atoms. The van der Waals surface area contributed by atoms with E-state index in [9.17, 15) is 5.11 Å². The van der Waals surface area contributed by atoms with E-state index in [1.54, 1.807) is 0 Å². The van der Waals surface area contributed by atoms with E-state index in [-0.39, 0.29) is 6.10 Å². The predicted molar refractivity (Wildman–Crippen MR) is 47.7 cm³/mol. The predicted octanol–water partition coefficient (Wildman–Crippen LogP) is 2.24. The summed E-state index contributed by atoms with van der Waals surface area (Å²) in [6.45, 7) is 0. The second-order valence-electron chi connectivity index (χ2n) is 3.63. The Bertz CT molecular complexity index is 224. The van der Waals surface area contributed by atoms with Gasteiger partial charge < -0.3 is 10.1 Å². The lowest BCUT2D eigenvalue weighted by Gasteiger charge is -2.15. The largest absolute Gasteiger partial charge is 0.388 e. The van der Waals surface area contributed by atoms with E-state index in [4.69, 9.17) is 0 Å². The number of hydrogen-bond donors (Lipinski definition) is 2. The van der Waals surface area contributed by atoms with Crippen LogP contribution in [0.3, 0.4) is 0 Å². The van der Waals surface area contributed by atoms with Crippen molar-refractivity contribution in [1.29, 1.82) is 0 Å². The van der Waals surface area contributed by atoms with Gasteiger partial charge >= 0.3 is 0 Å². The summed E-state index contributed by atoms with van der Waals surface area (Å²) < 4.78 is 0. The highest BCUT2D eigenvalue weighted by atomic mass is 16.3. The molecule has 2 heteroatoms. The van der Waals surface area contributed by atoms with Crippen molar-refractivity contribution >= 4 is 0 Å². The van der Waals surface area contributed by atoms with Crippen LogP contribution in [0.15, 0.2) is 18.5 Å². The summed E-state index contributed by atoms with van der Waals surface area (Å²) in [7, 11) is 0. The third kappa shape index (κ3) is 1.39. The SMILES string of the molecule is OC(c1cc[nH]c1)C1CCCC1. The molecule has 0 saturated heterocycles. The molecule has 12 heavy (non-hydrogen) atoms. The maximum Gasteiger partial charge on any atom is 0.0832 e. The molecule has 2 nitrogen and oxygen atoms in total. The van der Waals surface area contributed by atoms with Gasteiger partial charge in [0.15, 0.2) is 0 Å². The first kappa shape index (κ1) is 7.87. The molecule has 1 aliphatic rings. The summed E-state index contributed by atoms with van der Waals surface area (Å²) in [6, 6.07) is 1.96. The molecule has 2 rings (SSSR count). The lowest BCUT2D eigenvalue weighted by Crippen LogP contribution is -2.07. The highest BCUT2D eigenvalue weighted by Gasteiger charge is 2.24. The summed E-state index contributed by atoms with van der Waals surface area (Å²) in [5.74, 6) is 0.501. The van der Waals surface area contributed by atoms with Crippen LogP contribution in [-0.2, 0) is 0 Å². The molecule has 0 amide bonds. The Labute approximate surface area is 72.6 Å². The van der Waals surface area contributed by atoms with Crippen LogP contribution < -0.4 is 0 Å². The van der Waals surface area contributed by atoms with Crippen LogP contribution in [0.4, 0.5) is 0 Å². The average Bonchev–Trinajstić information content (AvgIpc) is 2.77. The molecule has 66 valence electrons. The van der Waals surface area contributed by atoms with Gasteiger partial charge in [0, 0.05) is 12.4 Å². The van der Waals surface area contributed by atoms with E-state index < -0.39 is 0 Å². The van der Waals surface area contributed by atoms with Crippen molar-refractivity contribution in [3.63, 3.8) is 0 Å². The number of aromatic amines is 1. The van der Waals surface area contributed by atoms with Crippen molar-refractivity contribution in [1.82, 2.24) is 4.98 Å². The monoisotopic (exact) mass is 165 g/mol. The van der Waals surface area contributed by atoms with E-state index in [0.717, 1.165) is 5.56 Å². The molecule has 0 radical (unpaired) electrons. The molecule has 0 bridgehead atoms. The average molecular weight is 165 g/mol. The maximum absolute atomic E-state index is 9.89. The van der Waals surface area contributed by atoms with Crippen LogP contribution in [-0.4, -0.2) is 10.1 Å². The Morgan fingerprint density at radius 3 is 2.75 bits per heavy atom. The first-order valence-corrected chi connectivity index (χ1v) is 4.68. The van der Waals surface area contributed by atoms with Crippen molar-refractivity contribution in [2.75, 3.05) is 0 Å². The third-order valence-electron chi connectivity index (χ3n) is 2.81. The summed E-state index contributed by atoms with van der Waals surface area (Å²) in [5, 5.41) is 9.89. The second kappa shape index (κ2) is 3.31. The van der Waals surface area contributed by atoms with Gasteiger partial charge in [0.05, 0.1) is 6.10 Å². The molecule has 1 fully saturated rings. The van der Waals surface area contributed by atoms with Gasteiger partial charge in [-0.3, -0.25) is 0 Å². The van der Waals surface area contributed by atoms with Gasteiger partial charge in [-0.1, -0.05) is 12.8 Å².